The highest BCUT2D eigenvalue weighted by Crippen LogP contribution is 2.32. The fraction of sp³-hybridized carbons (Fsp3) is 0.429. The van der Waals surface area contributed by atoms with E-state index in [9.17, 15) is 9.59 Å². The molecule has 1 aliphatic rings. The van der Waals surface area contributed by atoms with Gasteiger partial charge >= 0.3 is 11.9 Å². The van der Waals surface area contributed by atoms with E-state index >= 15 is 0 Å². The molecule has 1 aromatic carbocycles. The van der Waals surface area contributed by atoms with Crippen LogP contribution in [0.25, 0.3) is 0 Å². The number of benzene rings is 1. The average Bonchev–Trinajstić information content (AvgIpc) is 2.35. The molecule has 0 radical (unpaired) electrons. The van der Waals surface area contributed by atoms with Gasteiger partial charge in [-0.1, -0.05) is 6.07 Å². The second kappa shape index (κ2) is 5.30. The third kappa shape index (κ3) is 2.70. The molecule has 2 rings (SSSR count). The molecular formula is C14H16O5. The van der Waals surface area contributed by atoms with Crippen molar-refractivity contribution in [2.24, 2.45) is 0 Å². The standard InChI is InChI=1S/C14H16O5/c1-8-6-11-10(7-18-9(2)15)4-5-12(17-3)13(11)14(16)19-8/h4-5,8H,6-7H2,1-3H3. The first-order valence-corrected chi connectivity index (χ1v) is 6.06. The molecule has 0 amide bonds. The topological polar surface area (TPSA) is 61.8 Å². The number of rotatable bonds is 3. The molecule has 0 aromatic heterocycles. The van der Waals surface area contributed by atoms with Gasteiger partial charge in [0.2, 0.25) is 0 Å². The van der Waals surface area contributed by atoms with E-state index < -0.39 is 5.97 Å². The lowest BCUT2D eigenvalue weighted by Crippen LogP contribution is -2.27. The molecule has 0 aliphatic carbocycles. The van der Waals surface area contributed by atoms with Crippen molar-refractivity contribution in [3.63, 3.8) is 0 Å². The van der Waals surface area contributed by atoms with Gasteiger partial charge in [0.25, 0.3) is 0 Å². The molecule has 0 fully saturated rings. The van der Waals surface area contributed by atoms with E-state index in [1.54, 1.807) is 6.07 Å². The molecule has 1 aromatic rings. The SMILES string of the molecule is COc1ccc(COC(C)=O)c2c1C(=O)OC(C)C2. The molecule has 1 unspecified atom stereocenters. The first kappa shape index (κ1) is 13.4. The number of carbonyl (C=O) groups is 2. The third-order valence-electron chi connectivity index (χ3n) is 3.03. The minimum atomic E-state index is -0.393. The van der Waals surface area contributed by atoms with Gasteiger partial charge in [0.1, 0.15) is 24.0 Å². The minimum Gasteiger partial charge on any atom is -0.496 e. The van der Waals surface area contributed by atoms with Gasteiger partial charge in [-0.3, -0.25) is 4.79 Å². The van der Waals surface area contributed by atoms with Crippen molar-refractivity contribution in [2.75, 3.05) is 7.11 Å². The van der Waals surface area contributed by atoms with Gasteiger partial charge in [0, 0.05) is 13.3 Å². The Kier molecular flexibility index (Phi) is 3.74. The third-order valence-corrected chi connectivity index (χ3v) is 3.03. The highest BCUT2D eigenvalue weighted by molar-refractivity contribution is 5.95. The van der Waals surface area contributed by atoms with E-state index in [0.717, 1.165) is 11.1 Å². The maximum Gasteiger partial charge on any atom is 0.342 e. The van der Waals surface area contributed by atoms with E-state index in [1.165, 1.54) is 14.0 Å². The van der Waals surface area contributed by atoms with Crippen LogP contribution in [0.4, 0.5) is 0 Å². The van der Waals surface area contributed by atoms with Crippen molar-refractivity contribution in [3.05, 3.63) is 28.8 Å². The molecule has 5 heteroatoms. The van der Waals surface area contributed by atoms with Gasteiger partial charge in [0.15, 0.2) is 0 Å². The Labute approximate surface area is 111 Å². The lowest BCUT2D eigenvalue weighted by Gasteiger charge is -2.25. The molecule has 1 atom stereocenters. The summed E-state index contributed by atoms with van der Waals surface area (Å²) in [6.07, 6.45) is 0.401. The molecule has 1 aliphatic heterocycles. The summed E-state index contributed by atoms with van der Waals surface area (Å²) in [6.45, 7) is 3.34. The van der Waals surface area contributed by atoms with Crippen molar-refractivity contribution in [3.8, 4) is 5.75 Å². The average molecular weight is 264 g/mol. The van der Waals surface area contributed by atoms with Crippen LogP contribution in [0.5, 0.6) is 5.75 Å². The van der Waals surface area contributed by atoms with Crippen molar-refractivity contribution in [1.82, 2.24) is 0 Å². The zero-order valence-corrected chi connectivity index (χ0v) is 11.2. The predicted molar refractivity (Wildman–Crippen MR) is 67.0 cm³/mol. The highest BCUT2D eigenvalue weighted by Gasteiger charge is 2.29. The number of carbonyl (C=O) groups excluding carboxylic acids is 2. The Morgan fingerprint density at radius 2 is 2.21 bits per heavy atom. The molecule has 0 bridgehead atoms. The van der Waals surface area contributed by atoms with Crippen molar-refractivity contribution < 1.29 is 23.8 Å². The first-order chi connectivity index (χ1) is 9.02. The Hall–Kier alpha value is -2.04. The monoisotopic (exact) mass is 264 g/mol. The zero-order chi connectivity index (χ0) is 14.0. The minimum absolute atomic E-state index is 0.154. The summed E-state index contributed by atoms with van der Waals surface area (Å²) in [5.74, 6) is -0.259. The van der Waals surface area contributed by atoms with E-state index in [0.29, 0.717) is 17.7 Å². The number of cyclic esters (lactones) is 1. The number of methoxy groups -OCH3 is 1. The van der Waals surface area contributed by atoms with Gasteiger partial charge in [-0.15, -0.1) is 0 Å². The van der Waals surface area contributed by atoms with Crippen LogP contribution in [0.2, 0.25) is 0 Å². The van der Waals surface area contributed by atoms with E-state index in [1.807, 2.05) is 13.0 Å². The lowest BCUT2D eigenvalue weighted by molar-refractivity contribution is -0.142. The Morgan fingerprint density at radius 3 is 2.84 bits per heavy atom. The van der Waals surface area contributed by atoms with Crippen LogP contribution < -0.4 is 4.74 Å². The largest absolute Gasteiger partial charge is 0.496 e. The van der Waals surface area contributed by atoms with Gasteiger partial charge in [-0.2, -0.15) is 0 Å². The molecule has 19 heavy (non-hydrogen) atoms. The summed E-state index contributed by atoms with van der Waals surface area (Å²) >= 11 is 0. The van der Waals surface area contributed by atoms with Crippen LogP contribution in [0.3, 0.4) is 0 Å². The fourth-order valence-corrected chi connectivity index (χ4v) is 2.18. The van der Waals surface area contributed by atoms with Crippen LogP contribution in [0, 0.1) is 0 Å². The van der Waals surface area contributed by atoms with Crippen molar-refractivity contribution in [1.29, 1.82) is 0 Å². The van der Waals surface area contributed by atoms with Crippen LogP contribution in [-0.4, -0.2) is 25.2 Å². The highest BCUT2D eigenvalue weighted by atomic mass is 16.5. The van der Waals surface area contributed by atoms with E-state index in [-0.39, 0.29) is 18.7 Å². The molecule has 0 N–H and O–H groups in total. The van der Waals surface area contributed by atoms with Crippen LogP contribution >= 0.6 is 0 Å². The Bertz CT molecular complexity index is 521. The van der Waals surface area contributed by atoms with Crippen LogP contribution in [0.15, 0.2) is 12.1 Å². The summed E-state index contributed by atoms with van der Waals surface area (Å²) in [4.78, 5) is 22.9. The maximum absolute atomic E-state index is 12.0. The first-order valence-electron chi connectivity index (χ1n) is 6.06. The number of ether oxygens (including phenoxy) is 3. The maximum atomic E-state index is 12.0. The smallest absolute Gasteiger partial charge is 0.342 e. The lowest BCUT2D eigenvalue weighted by atomic mass is 9.93. The molecular weight excluding hydrogens is 248 g/mol. The molecule has 102 valence electrons. The van der Waals surface area contributed by atoms with Gasteiger partial charge in [-0.25, -0.2) is 4.79 Å². The summed E-state index contributed by atoms with van der Waals surface area (Å²) in [6, 6.07) is 3.50. The van der Waals surface area contributed by atoms with E-state index in [2.05, 4.69) is 0 Å². The molecule has 0 spiro atoms. The van der Waals surface area contributed by atoms with Crippen molar-refractivity contribution >= 4 is 11.9 Å². The fourth-order valence-electron chi connectivity index (χ4n) is 2.18. The van der Waals surface area contributed by atoms with Gasteiger partial charge in [0.05, 0.1) is 7.11 Å². The number of fused-ring (bicyclic) bond motifs is 1. The molecule has 0 saturated carbocycles. The van der Waals surface area contributed by atoms with E-state index in [4.69, 9.17) is 14.2 Å². The molecule has 1 heterocycles. The van der Waals surface area contributed by atoms with Gasteiger partial charge < -0.3 is 14.2 Å². The number of hydrogen-bond donors (Lipinski definition) is 0. The second-order valence-electron chi connectivity index (χ2n) is 4.48. The predicted octanol–water partition coefficient (Wildman–Crippen LogP) is 1.86. The summed E-state index contributed by atoms with van der Waals surface area (Å²) < 4.78 is 15.4. The Balaban J connectivity index is 2.44. The summed E-state index contributed by atoms with van der Waals surface area (Å²) in [5, 5.41) is 0. The van der Waals surface area contributed by atoms with Crippen molar-refractivity contribution in [2.45, 2.75) is 33.0 Å². The molecule has 5 nitrogen and oxygen atoms in total. The second-order valence-corrected chi connectivity index (χ2v) is 4.48. The normalized spacial score (nSPS) is 17.4. The number of hydrogen-bond acceptors (Lipinski definition) is 5. The summed E-state index contributed by atoms with van der Waals surface area (Å²) in [5.41, 5.74) is 2.09. The zero-order valence-electron chi connectivity index (χ0n) is 11.2. The van der Waals surface area contributed by atoms with Crippen LogP contribution in [-0.2, 0) is 27.3 Å². The van der Waals surface area contributed by atoms with Gasteiger partial charge in [-0.05, 0) is 24.1 Å². The Morgan fingerprint density at radius 1 is 1.47 bits per heavy atom. The summed E-state index contributed by atoms with van der Waals surface area (Å²) in [7, 11) is 1.51. The quantitative estimate of drug-likeness (QED) is 0.780. The number of esters is 2. The molecule has 0 saturated heterocycles. The van der Waals surface area contributed by atoms with Crippen LogP contribution in [0.1, 0.15) is 35.3 Å².